The van der Waals surface area contributed by atoms with Crippen LogP contribution in [0.3, 0.4) is 0 Å². The van der Waals surface area contributed by atoms with Crippen LogP contribution in [0.4, 0.5) is 11.6 Å². The first kappa shape index (κ1) is 16.2. The van der Waals surface area contributed by atoms with Gasteiger partial charge in [-0.3, -0.25) is 4.79 Å². The molecule has 0 fully saturated rings. The molecule has 0 spiro atoms. The Bertz CT molecular complexity index is 715. The monoisotopic (exact) mass is 360 g/mol. The minimum atomic E-state index is -0.281. The highest BCUT2D eigenvalue weighted by atomic mass is 79.9. The maximum atomic E-state index is 12.4. The zero-order chi connectivity index (χ0) is 16.1. The normalized spacial score (nSPS) is 10.1. The third-order valence-electron chi connectivity index (χ3n) is 2.86. The Morgan fingerprint density at radius 3 is 2.77 bits per heavy atom. The average molecular weight is 361 g/mol. The molecule has 2 rings (SSSR count). The van der Waals surface area contributed by atoms with Gasteiger partial charge in [0.15, 0.2) is 0 Å². The molecule has 1 aromatic heterocycles. The molecule has 0 unspecified atom stereocenters. The van der Waals surface area contributed by atoms with Crippen LogP contribution >= 0.6 is 15.9 Å². The summed E-state index contributed by atoms with van der Waals surface area (Å²) in [6.07, 6.45) is 1.70. The number of halogens is 1. The minimum absolute atomic E-state index is 0.281. The number of nitrogens with one attached hydrogen (secondary N) is 2. The van der Waals surface area contributed by atoms with Gasteiger partial charge in [0.1, 0.15) is 5.69 Å². The molecule has 22 heavy (non-hydrogen) atoms. The molecule has 1 heterocycles. The summed E-state index contributed by atoms with van der Waals surface area (Å²) < 4.78 is 0.830. The largest absolute Gasteiger partial charge is 0.351 e. The SMILES string of the molecule is C=CCNc1nc(C)cc(C(=O)Nc2ccc(C)cc2Br)n1. The van der Waals surface area contributed by atoms with E-state index in [1.54, 1.807) is 12.1 Å². The van der Waals surface area contributed by atoms with Gasteiger partial charge in [0, 0.05) is 16.7 Å². The van der Waals surface area contributed by atoms with E-state index >= 15 is 0 Å². The van der Waals surface area contributed by atoms with Gasteiger partial charge in [0.2, 0.25) is 5.95 Å². The van der Waals surface area contributed by atoms with E-state index in [4.69, 9.17) is 0 Å². The second-order valence-corrected chi connectivity index (χ2v) is 5.68. The summed E-state index contributed by atoms with van der Waals surface area (Å²) >= 11 is 3.44. The summed E-state index contributed by atoms with van der Waals surface area (Å²) in [4.78, 5) is 20.8. The van der Waals surface area contributed by atoms with E-state index in [0.29, 0.717) is 23.9 Å². The van der Waals surface area contributed by atoms with Gasteiger partial charge >= 0.3 is 0 Å². The van der Waals surface area contributed by atoms with Crippen LogP contribution in [0, 0.1) is 13.8 Å². The standard InChI is InChI=1S/C16H17BrN4O/c1-4-7-18-16-19-11(3)9-14(21-16)15(22)20-13-6-5-10(2)8-12(13)17/h4-6,8-9H,1,7H2,2-3H3,(H,20,22)(H,18,19,21). The molecule has 5 nitrogen and oxygen atoms in total. The number of benzene rings is 1. The number of aryl methyl sites for hydroxylation is 2. The molecule has 114 valence electrons. The first-order valence-electron chi connectivity index (χ1n) is 6.77. The molecular formula is C16H17BrN4O. The number of amides is 1. The van der Waals surface area contributed by atoms with E-state index in [1.807, 2.05) is 32.0 Å². The fraction of sp³-hybridized carbons (Fsp3) is 0.188. The number of carbonyl (C=O) groups is 1. The van der Waals surface area contributed by atoms with Crippen LogP contribution in [0.5, 0.6) is 0 Å². The molecule has 0 aliphatic heterocycles. The van der Waals surface area contributed by atoms with Crippen molar-refractivity contribution in [1.29, 1.82) is 0 Å². The maximum absolute atomic E-state index is 12.4. The van der Waals surface area contributed by atoms with Crippen LogP contribution in [0.2, 0.25) is 0 Å². The van der Waals surface area contributed by atoms with Crippen LogP contribution in [0.1, 0.15) is 21.7 Å². The van der Waals surface area contributed by atoms with Gasteiger partial charge in [-0.15, -0.1) is 6.58 Å². The lowest BCUT2D eigenvalue weighted by molar-refractivity contribution is 0.102. The topological polar surface area (TPSA) is 66.9 Å². The number of hydrogen-bond donors (Lipinski definition) is 2. The summed E-state index contributed by atoms with van der Waals surface area (Å²) in [5, 5.41) is 5.82. The summed E-state index contributed by atoms with van der Waals surface area (Å²) in [5.74, 6) is 0.129. The third-order valence-corrected chi connectivity index (χ3v) is 3.52. The molecule has 0 bridgehead atoms. The maximum Gasteiger partial charge on any atom is 0.274 e. The average Bonchev–Trinajstić information content (AvgIpc) is 2.47. The second-order valence-electron chi connectivity index (χ2n) is 4.83. The molecule has 1 amide bonds. The Kier molecular flexibility index (Phi) is 5.27. The van der Waals surface area contributed by atoms with Crippen LogP contribution in [-0.2, 0) is 0 Å². The predicted molar refractivity (Wildman–Crippen MR) is 92.3 cm³/mol. The van der Waals surface area contributed by atoms with Crippen LogP contribution in [0.25, 0.3) is 0 Å². The Balaban J connectivity index is 2.21. The van der Waals surface area contributed by atoms with Crippen molar-refractivity contribution in [3.63, 3.8) is 0 Å². The highest BCUT2D eigenvalue weighted by molar-refractivity contribution is 9.10. The highest BCUT2D eigenvalue weighted by Crippen LogP contribution is 2.23. The van der Waals surface area contributed by atoms with E-state index in [1.165, 1.54) is 0 Å². The van der Waals surface area contributed by atoms with Crippen molar-refractivity contribution in [2.24, 2.45) is 0 Å². The fourth-order valence-electron chi connectivity index (χ4n) is 1.84. The summed E-state index contributed by atoms with van der Waals surface area (Å²) in [6, 6.07) is 7.37. The van der Waals surface area contributed by atoms with E-state index in [-0.39, 0.29) is 5.91 Å². The number of carbonyl (C=O) groups excluding carboxylic acids is 1. The molecule has 0 aliphatic rings. The molecule has 0 saturated carbocycles. The summed E-state index contributed by atoms with van der Waals surface area (Å²) in [5.41, 5.74) is 2.84. The summed E-state index contributed by atoms with van der Waals surface area (Å²) in [6.45, 7) is 7.97. The van der Waals surface area contributed by atoms with Crippen molar-refractivity contribution in [1.82, 2.24) is 9.97 Å². The lowest BCUT2D eigenvalue weighted by Crippen LogP contribution is -2.16. The van der Waals surface area contributed by atoms with Crippen molar-refractivity contribution in [2.75, 3.05) is 17.2 Å². The predicted octanol–water partition coefficient (Wildman–Crippen LogP) is 3.71. The number of rotatable bonds is 5. The lowest BCUT2D eigenvalue weighted by Gasteiger charge is -2.09. The molecule has 0 aliphatic carbocycles. The number of nitrogens with zero attached hydrogens (tertiary/aromatic N) is 2. The van der Waals surface area contributed by atoms with E-state index < -0.39 is 0 Å². The quantitative estimate of drug-likeness (QED) is 0.797. The van der Waals surface area contributed by atoms with Crippen molar-refractivity contribution < 1.29 is 4.79 Å². The van der Waals surface area contributed by atoms with Crippen molar-refractivity contribution >= 4 is 33.5 Å². The number of hydrogen-bond acceptors (Lipinski definition) is 4. The Hall–Kier alpha value is -2.21. The molecular weight excluding hydrogens is 344 g/mol. The molecule has 0 radical (unpaired) electrons. The van der Waals surface area contributed by atoms with E-state index in [2.05, 4.69) is 43.1 Å². The zero-order valence-electron chi connectivity index (χ0n) is 12.5. The Labute approximate surface area is 138 Å². The van der Waals surface area contributed by atoms with E-state index in [0.717, 1.165) is 15.7 Å². The van der Waals surface area contributed by atoms with Gasteiger partial charge in [-0.25, -0.2) is 9.97 Å². The third kappa shape index (κ3) is 4.14. The van der Waals surface area contributed by atoms with Crippen LogP contribution in [-0.4, -0.2) is 22.4 Å². The van der Waals surface area contributed by atoms with Gasteiger partial charge in [-0.05, 0) is 53.5 Å². The Morgan fingerprint density at radius 2 is 2.09 bits per heavy atom. The fourth-order valence-corrected chi connectivity index (χ4v) is 2.43. The minimum Gasteiger partial charge on any atom is -0.351 e. The highest BCUT2D eigenvalue weighted by Gasteiger charge is 2.12. The van der Waals surface area contributed by atoms with Gasteiger partial charge in [-0.1, -0.05) is 12.1 Å². The van der Waals surface area contributed by atoms with Crippen molar-refractivity contribution in [3.8, 4) is 0 Å². The van der Waals surface area contributed by atoms with Crippen molar-refractivity contribution in [2.45, 2.75) is 13.8 Å². The molecule has 2 N–H and O–H groups in total. The smallest absolute Gasteiger partial charge is 0.274 e. The van der Waals surface area contributed by atoms with Crippen LogP contribution < -0.4 is 10.6 Å². The van der Waals surface area contributed by atoms with Gasteiger partial charge in [0.25, 0.3) is 5.91 Å². The van der Waals surface area contributed by atoms with Crippen LogP contribution in [0.15, 0.2) is 41.4 Å². The molecule has 0 atom stereocenters. The molecule has 0 saturated heterocycles. The van der Waals surface area contributed by atoms with E-state index in [9.17, 15) is 4.79 Å². The number of anilines is 2. The number of aromatic nitrogens is 2. The zero-order valence-corrected chi connectivity index (χ0v) is 14.1. The summed E-state index contributed by atoms with van der Waals surface area (Å²) in [7, 11) is 0. The molecule has 1 aromatic carbocycles. The molecule has 6 heteroatoms. The lowest BCUT2D eigenvalue weighted by atomic mass is 10.2. The van der Waals surface area contributed by atoms with Crippen molar-refractivity contribution in [3.05, 3.63) is 58.3 Å². The first-order chi connectivity index (χ1) is 10.5. The van der Waals surface area contributed by atoms with Gasteiger partial charge in [0.05, 0.1) is 5.69 Å². The Morgan fingerprint density at radius 1 is 1.32 bits per heavy atom. The van der Waals surface area contributed by atoms with Gasteiger partial charge in [-0.2, -0.15) is 0 Å². The first-order valence-corrected chi connectivity index (χ1v) is 7.57. The molecule has 2 aromatic rings. The second kappa shape index (κ2) is 7.17. The van der Waals surface area contributed by atoms with Gasteiger partial charge < -0.3 is 10.6 Å².